The van der Waals surface area contributed by atoms with Gasteiger partial charge in [-0.05, 0) is 58.3 Å². The summed E-state index contributed by atoms with van der Waals surface area (Å²) >= 11 is 0. The second kappa shape index (κ2) is 10.5. The molecule has 5 nitrogen and oxygen atoms in total. The standard InChI is InChI=1S/C43H25N3O2/c1-2-10-26(11-3-1)41-44-42(46-43(45-41)34-16-9-19-39-40(34)33-14-5-7-18-37(33)48-39)32-15-8-12-29-24-27(20-22-30(29)32)28-21-23-38-35(25-28)31-13-4-6-17-36(31)47-38/h1-25H. The molecule has 224 valence electrons. The third kappa shape index (κ3) is 4.22. The zero-order valence-corrected chi connectivity index (χ0v) is 25.6. The Hall–Kier alpha value is -6.59. The number of para-hydroxylation sites is 2. The molecule has 0 N–H and O–H groups in total. The van der Waals surface area contributed by atoms with E-state index in [1.165, 1.54) is 0 Å². The first-order valence-corrected chi connectivity index (χ1v) is 15.9. The Morgan fingerprint density at radius 2 is 0.938 bits per heavy atom. The predicted octanol–water partition coefficient (Wildman–Crippen LogP) is 11.5. The van der Waals surface area contributed by atoms with Gasteiger partial charge in [0.2, 0.25) is 0 Å². The smallest absolute Gasteiger partial charge is 0.164 e. The van der Waals surface area contributed by atoms with E-state index in [0.29, 0.717) is 17.5 Å². The minimum atomic E-state index is 0.602. The van der Waals surface area contributed by atoms with E-state index in [0.717, 1.165) is 82.5 Å². The van der Waals surface area contributed by atoms with Gasteiger partial charge in [-0.15, -0.1) is 0 Å². The lowest BCUT2D eigenvalue weighted by Crippen LogP contribution is -2.00. The van der Waals surface area contributed by atoms with E-state index in [1.54, 1.807) is 0 Å². The van der Waals surface area contributed by atoms with Gasteiger partial charge in [-0.1, -0.05) is 115 Å². The van der Waals surface area contributed by atoms with Crippen molar-refractivity contribution < 1.29 is 8.83 Å². The minimum absolute atomic E-state index is 0.602. The summed E-state index contributed by atoms with van der Waals surface area (Å²) in [7, 11) is 0. The molecule has 10 rings (SSSR count). The van der Waals surface area contributed by atoms with Crippen molar-refractivity contribution in [2.24, 2.45) is 0 Å². The number of fused-ring (bicyclic) bond motifs is 7. The number of rotatable bonds is 4. The highest BCUT2D eigenvalue weighted by atomic mass is 16.3. The topological polar surface area (TPSA) is 65.0 Å². The lowest BCUT2D eigenvalue weighted by molar-refractivity contribution is 0.668. The summed E-state index contributed by atoms with van der Waals surface area (Å²) in [6.07, 6.45) is 0. The molecule has 0 aliphatic heterocycles. The highest BCUT2D eigenvalue weighted by Crippen LogP contribution is 2.38. The molecule has 0 fully saturated rings. The fourth-order valence-electron chi connectivity index (χ4n) is 6.86. The van der Waals surface area contributed by atoms with Crippen molar-refractivity contribution in [1.29, 1.82) is 0 Å². The van der Waals surface area contributed by atoms with Gasteiger partial charge in [0, 0.05) is 38.2 Å². The number of aromatic nitrogens is 3. The minimum Gasteiger partial charge on any atom is -0.456 e. The quantitative estimate of drug-likeness (QED) is 0.197. The number of nitrogens with zero attached hydrogens (tertiary/aromatic N) is 3. The highest BCUT2D eigenvalue weighted by Gasteiger charge is 2.19. The van der Waals surface area contributed by atoms with Crippen LogP contribution in [-0.4, -0.2) is 15.0 Å². The summed E-state index contributed by atoms with van der Waals surface area (Å²) in [5.74, 6) is 1.84. The first-order chi connectivity index (χ1) is 23.8. The summed E-state index contributed by atoms with van der Waals surface area (Å²) in [5.41, 5.74) is 8.47. The van der Waals surface area contributed by atoms with Crippen LogP contribution in [0.5, 0.6) is 0 Å². The van der Waals surface area contributed by atoms with E-state index < -0.39 is 0 Å². The summed E-state index contributed by atoms with van der Waals surface area (Å²) in [6.45, 7) is 0. The Morgan fingerprint density at radius 3 is 1.81 bits per heavy atom. The van der Waals surface area contributed by atoms with Gasteiger partial charge in [-0.2, -0.15) is 0 Å². The number of hydrogen-bond acceptors (Lipinski definition) is 5. The van der Waals surface area contributed by atoms with Gasteiger partial charge in [0.1, 0.15) is 22.3 Å². The fraction of sp³-hybridized carbons (Fsp3) is 0. The Morgan fingerprint density at radius 1 is 0.333 bits per heavy atom. The van der Waals surface area contributed by atoms with Crippen LogP contribution in [0.1, 0.15) is 0 Å². The van der Waals surface area contributed by atoms with Crippen molar-refractivity contribution in [2.75, 3.05) is 0 Å². The van der Waals surface area contributed by atoms with E-state index in [2.05, 4.69) is 78.9 Å². The molecule has 7 aromatic carbocycles. The van der Waals surface area contributed by atoms with Gasteiger partial charge in [0.05, 0.1) is 0 Å². The van der Waals surface area contributed by atoms with Gasteiger partial charge in [-0.25, -0.2) is 15.0 Å². The van der Waals surface area contributed by atoms with E-state index in [1.807, 2.05) is 72.8 Å². The van der Waals surface area contributed by atoms with E-state index in [9.17, 15) is 0 Å². The SMILES string of the molecule is c1ccc(-c2nc(-c3cccc4cc(-c5ccc6oc7ccccc7c6c5)ccc34)nc(-c3cccc4oc5ccccc5c34)n2)cc1. The van der Waals surface area contributed by atoms with Crippen molar-refractivity contribution >= 4 is 54.6 Å². The van der Waals surface area contributed by atoms with Crippen molar-refractivity contribution in [3.05, 3.63) is 152 Å². The van der Waals surface area contributed by atoms with Gasteiger partial charge < -0.3 is 8.83 Å². The average molecular weight is 616 g/mol. The first-order valence-electron chi connectivity index (χ1n) is 15.9. The molecule has 48 heavy (non-hydrogen) atoms. The molecule has 0 bridgehead atoms. The maximum atomic E-state index is 6.21. The van der Waals surface area contributed by atoms with Crippen LogP contribution in [0.4, 0.5) is 0 Å². The molecule has 0 unspecified atom stereocenters. The molecular weight excluding hydrogens is 590 g/mol. The van der Waals surface area contributed by atoms with E-state index in [-0.39, 0.29) is 0 Å². The van der Waals surface area contributed by atoms with Crippen LogP contribution in [-0.2, 0) is 0 Å². The van der Waals surface area contributed by atoms with Crippen LogP contribution in [0.3, 0.4) is 0 Å². The third-order valence-electron chi connectivity index (χ3n) is 9.14. The van der Waals surface area contributed by atoms with Crippen molar-refractivity contribution in [2.45, 2.75) is 0 Å². The summed E-state index contributed by atoms with van der Waals surface area (Å²) in [5, 5.41) is 6.44. The lowest BCUT2D eigenvalue weighted by Gasteiger charge is -2.12. The summed E-state index contributed by atoms with van der Waals surface area (Å²) < 4.78 is 12.3. The third-order valence-corrected chi connectivity index (χ3v) is 9.14. The summed E-state index contributed by atoms with van der Waals surface area (Å²) in [6, 6.07) is 51.7. The molecule has 0 atom stereocenters. The van der Waals surface area contributed by atoms with Crippen LogP contribution in [0.25, 0.3) is 99.9 Å². The molecule has 0 aliphatic rings. The Balaban J connectivity index is 1.15. The molecular formula is C43H25N3O2. The molecule has 0 saturated carbocycles. The molecule has 3 heterocycles. The maximum absolute atomic E-state index is 6.21. The molecule has 0 aliphatic carbocycles. The largest absolute Gasteiger partial charge is 0.456 e. The second-order valence-corrected chi connectivity index (χ2v) is 12.0. The fourth-order valence-corrected chi connectivity index (χ4v) is 6.86. The molecule has 10 aromatic rings. The van der Waals surface area contributed by atoms with Crippen LogP contribution >= 0.6 is 0 Å². The van der Waals surface area contributed by atoms with Crippen molar-refractivity contribution in [3.63, 3.8) is 0 Å². The van der Waals surface area contributed by atoms with Crippen LogP contribution < -0.4 is 0 Å². The van der Waals surface area contributed by atoms with Crippen molar-refractivity contribution in [1.82, 2.24) is 15.0 Å². The predicted molar refractivity (Wildman–Crippen MR) is 194 cm³/mol. The molecule has 0 saturated heterocycles. The molecule has 0 spiro atoms. The highest BCUT2D eigenvalue weighted by molar-refractivity contribution is 6.12. The Labute approximate surface area is 274 Å². The molecule has 3 aromatic heterocycles. The van der Waals surface area contributed by atoms with Crippen LogP contribution in [0, 0.1) is 0 Å². The Kier molecular flexibility index (Phi) is 5.81. The zero-order valence-electron chi connectivity index (χ0n) is 25.6. The first kappa shape index (κ1) is 26.6. The second-order valence-electron chi connectivity index (χ2n) is 12.0. The monoisotopic (exact) mass is 615 g/mol. The van der Waals surface area contributed by atoms with E-state index in [4.69, 9.17) is 23.8 Å². The Bertz CT molecular complexity index is 2850. The molecule has 0 amide bonds. The summed E-state index contributed by atoms with van der Waals surface area (Å²) in [4.78, 5) is 15.3. The van der Waals surface area contributed by atoms with Gasteiger partial charge >= 0.3 is 0 Å². The number of hydrogen-bond donors (Lipinski definition) is 0. The maximum Gasteiger partial charge on any atom is 0.164 e. The van der Waals surface area contributed by atoms with Gasteiger partial charge in [-0.3, -0.25) is 0 Å². The van der Waals surface area contributed by atoms with Crippen LogP contribution in [0.15, 0.2) is 160 Å². The van der Waals surface area contributed by atoms with Crippen molar-refractivity contribution in [3.8, 4) is 45.3 Å². The lowest BCUT2D eigenvalue weighted by atomic mass is 9.97. The molecule has 0 radical (unpaired) electrons. The molecule has 5 heteroatoms. The van der Waals surface area contributed by atoms with Gasteiger partial charge in [0.15, 0.2) is 17.5 Å². The average Bonchev–Trinajstić information content (AvgIpc) is 3.73. The number of furan rings is 2. The zero-order chi connectivity index (χ0) is 31.6. The number of benzene rings is 7. The van der Waals surface area contributed by atoms with Crippen LogP contribution in [0.2, 0.25) is 0 Å². The van der Waals surface area contributed by atoms with E-state index >= 15 is 0 Å². The van der Waals surface area contributed by atoms with Gasteiger partial charge in [0.25, 0.3) is 0 Å². The normalized spacial score (nSPS) is 11.8.